The highest BCUT2D eigenvalue weighted by Crippen LogP contribution is 2.25. The van der Waals surface area contributed by atoms with Gasteiger partial charge in [-0.25, -0.2) is 4.98 Å². The van der Waals surface area contributed by atoms with Crippen LogP contribution in [0, 0.1) is 11.3 Å². The van der Waals surface area contributed by atoms with Crippen LogP contribution in [0.1, 0.15) is 11.4 Å². The van der Waals surface area contributed by atoms with Crippen molar-refractivity contribution in [3.05, 3.63) is 23.2 Å². The number of nitriles is 1. The number of aromatic nitrogens is 1. The maximum Gasteiger partial charge on any atom is 0.195 e. The van der Waals surface area contributed by atoms with Gasteiger partial charge in [0, 0.05) is 0 Å². The van der Waals surface area contributed by atoms with Gasteiger partial charge in [0.15, 0.2) is 5.01 Å². The summed E-state index contributed by atoms with van der Waals surface area (Å²) >= 11 is 1.37. The Morgan fingerprint density at radius 2 is 2.38 bits per heavy atom. The van der Waals surface area contributed by atoms with E-state index in [0.717, 1.165) is 22.4 Å². The normalized spacial score (nSPS) is 10.2. The van der Waals surface area contributed by atoms with E-state index in [-0.39, 0.29) is 0 Å². The topological polar surface area (TPSA) is 71.9 Å². The van der Waals surface area contributed by atoms with E-state index in [0.29, 0.717) is 18.2 Å². The van der Waals surface area contributed by atoms with Crippen molar-refractivity contribution in [2.24, 2.45) is 5.73 Å². The van der Waals surface area contributed by atoms with Gasteiger partial charge in [-0.1, -0.05) is 0 Å². The van der Waals surface area contributed by atoms with Crippen LogP contribution >= 0.6 is 11.3 Å². The fourth-order valence-corrected chi connectivity index (χ4v) is 2.11. The lowest BCUT2D eigenvalue weighted by molar-refractivity contribution is 0.314. The lowest BCUT2D eigenvalue weighted by atomic mass is 10.3. The van der Waals surface area contributed by atoms with Gasteiger partial charge >= 0.3 is 0 Å². The molecule has 5 heteroatoms. The molecule has 2 N–H and O–H groups in total. The molecule has 0 atom stereocenters. The molecular weight excluding hydrogens is 222 g/mol. The molecule has 2 aromatic rings. The first-order valence-corrected chi connectivity index (χ1v) is 5.78. The summed E-state index contributed by atoms with van der Waals surface area (Å²) < 4.78 is 6.49. The summed E-state index contributed by atoms with van der Waals surface area (Å²) in [5, 5.41) is 9.21. The van der Waals surface area contributed by atoms with Crippen LogP contribution in [0.25, 0.3) is 10.2 Å². The highest BCUT2D eigenvalue weighted by Gasteiger charge is 2.04. The van der Waals surface area contributed by atoms with Gasteiger partial charge in [-0.2, -0.15) is 5.26 Å². The van der Waals surface area contributed by atoms with Gasteiger partial charge in [-0.05, 0) is 31.2 Å². The maximum atomic E-state index is 8.73. The average molecular weight is 233 g/mol. The Morgan fingerprint density at radius 1 is 1.50 bits per heavy atom. The minimum atomic E-state index is 0.481. The SMILES string of the molecule is N#Cc1nc2ccc(OCCCN)cc2s1. The third kappa shape index (κ3) is 2.30. The lowest BCUT2D eigenvalue weighted by Gasteiger charge is -2.04. The molecule has 1 heterocycles. The van der Waals surface area contributed by atoms with Gasteiger partial charge in [0.05, 0.1) is 16.8 Å². The van der Waals surface area contributed by atoms with E-state index in [1.54, 1.807) is 0 Å². The van der Waals surface area contributed by atoms with Crippen molar-refractivity contribution >= 4 is 21.6 Å². The second-order valence-electron chi connectivity index (χ2n) is 3.25. The van der Waals surface area contributed by atoms with Crippen molar-refractivity contribution in [3.63, 3.8) is 0 Å². The van der Waals surface area contributed by atoms with Crippen LogP contribution < -0.4 is 10.5 Å². The first-order chi connectivity index (χ1) is 7.83. The molecule has 0 saturated heterocycles. The van der Waals surface area contributed by atoms with Crippen LogP contribution in [0.15, 0.2) is 18.2 Å². The second kappa shape index (κ2) is 4.92. The molecule has 2 rings (SSSR count). The van der Waals surface area contributed by atoms with Crippen LogP contribution in [-0.2, 0) is 0 Å². The predicted octanol–water partition coefficient (Wildman–Crippen LogP) is 1.90. The van der Waals surface area contributed by atoms with Gasteiger partial charge in [-0.15, -0.1) is 11.3 Å². The molecule has 0 unspecified atom stereocenters. The number of hydrogen-bond donors (Lipinski definition) is 1. The minimum absolute atomic E-state index is 0.481. The molecular formula is C11H11N3OS. The molecule has 0 saturated carbocycles. The molecule has 0 amide bonds. The zero-order valence-electron chi connectivity index (χ0n) is 8.64. The third-order valence-corrected chi connectivity index (χ3v) is 3.00. The van der Waals surface area contributed by atoms with Gasteiger partial charge in [0.2, 0.25) is 0 Å². The monoisotopic (exact) mass is 233 g/mol. The number of rotatable bonds is 4. The molecule has 16 heavy (non-hydrogen) atoms. The minimum Gasteiger partial charge on any atom is -0.493 e. The first-order valence-electron chi connectivity index (χ1n) is 4.97. The Labute approximate surface area is 97.3 Å². The van der Waals surface area contributed by atoms with Crippen LogP contribution in [0.4, 0.5) is 0 Å². The summed E-state index contributed by atoms with van der Waals surface area (Å²) in [6, 6.07) is 7.67. The summed E-state index contributed by atoms with van der Waals surface area (Å²) in [6.45, 7) is 1.24. The number of nitrogens with two attached hydrogens (primary N) is 1. The number of hydrogen-bond acceptors (Lipinski definition) is 5. The van der Waals surface area contributed by atoms with Gasteiger partial charge < -0.3 is 10.5 Å². The molecule has 0 fully saturated rings. The second-order valence-corrected chi connectivity index (χ2v) is 4.28. The van der Waals surface area contributed by atoms with Crippen molar-refractivity contribution in [1.29, 1.82) is 5.26 Å². The van der Waals surface area contributed by atoms with E-state index in [1.807, 2.05) is 24.3 Å². The predicted molar refractivity (Wildman–Crippen MR) is 63.5 cm³/mol. The average Bonchev–Trinajstić information content (AvgIpc) is 2.71. The van der Waals surface area contributed by atoms with Crippen molar-refractivity contribution in [2.45, 2.75) is 6.42 Å². The third-order valence-electron chi connectivity index (χ3n) is 2.07. The smallest absolute Gasteiger partial charge is 0.195 e. The number of benzene rings is 1. The summed E-state index contributed by atoms with van der Waals surface area (Å²) in [7, 11) is 0. The van der Waals surface area contributed by atoms with Crippen LogP contribution in [-0.4, -0.2) is 18.1 Å². The molecule has 0 bridgehead atoms. The Balaban J connectivity index is 2.19. The van der Waals surface area contributed by atoms with E-state index >= 15 is 0 Å². The molecule has 4 nitrogen and oxygen atoms in total. The molecule has 0 spiro atoms. The molecule has 1 aromatic carbocycles. The standard InChI is InChI=1S/C11H11N3OS/c12-4-1-5-15-8-2-3-9-10(6-8)16-11(7-13)14-9/h2-3,6H,1,4-5,12H2. The van der Waals surface area contributed by atoms with Crippen molar-refractivity contribution in [2.75, 3.05) is 13.2 Å². The molecule has 0 aliphatic rings. The molecule has 1 aromatic heterocycles. The first kappa shape index (κ1) is 10.9. The molecule has 82 valence electrons. The summed E-state index contributed by atoms with van der Waals surface area (Å²) in [5.41, 5.74) is 6.22. The molecule has 0 aliphatic heterocycles. The summed E-state index contributed by atoms with van der Waals surface area (Å²) in [5.74, 6) is 0.800. The zero-order valence-corrected chi connectivity index (χ0v) is 9.46. The largest absolute Gasteiger partial charge is 0.493 e. The number of fused-ring (bicyclic) bond motifs is 1. The number of nitrogens with zero attached hydrogens (tertiary/aromatic N) is 2. The highest BCUT2D eigenvalue weighted by molar-refractivity contribution is 7.19. The van der Waals surface area contributed by atoms with E-state index < -0.39 is 0 Å². The van der Waals surface area contributed by atoms with Crippen molar-refractivity contribution in [1.82, 2.24) is 4.98 Å². The Kier molecular flexibility index (Phi) is 3.34. The summed E-state index contributed by atoms with van der Waals surface area (Å²) in [6.07, 6.45) is 0.837. The van der Waals surface area contributed by atoms with E-state index in [4.69, 9.17) is 15.7 Å². The Bertz CT molecular complexity index is 529. The quantitative estimate of drug-likeness (QED) is 0.818. The van der Waals surface area contributed by atoms with Crippen molar-refractivity contribution in [3.8, 4) is 11.8 Å². The van der Waals surface area contributed by atoms with Crippen LogP contribution in [0.3, 0.4) is 0 Å². The van der Waals surface area contributed by atoms with Crippen molar-refractivity contribution < 1.29 is 4.74 Å². The fraction of sp³-hybridized carbons (Fsp3) is 0.273. The van der Waals surface area contributed by atoms with E-state index in [2.05, 4.69) is 4.98 Å². The van der Waals surface area contributed by atoms with Gasteiger partial charge in [0.25, 0.3) is 0 Å². The number of thiazole rings is 1. The summed E-state index contributed by atoms with van der Waals surface area (Å²) in [4.78, 5) is 4.15. The Morgan fingerprint density at radius 3 is 3.12 bits per heavy atom. The lowest BCUT2D eigenvalue weighted by Crippen LogP contribution is -2.05. The maximum absolute atomic E-state index is 8.73. The van der Waals surface area contributed by atoms with E-state index in [1.165, 1.54) is 11.3 Å². The van der Waals surface area contributed by atoms with Gasteiger partial charge in [0.1, 0.15) is 11.8 Å². The zero-order chi connectivity index (χ0) is 11.4. The fourth-order valence-electron chi connectivity index (χ4n) is 1.32. The van der Waals surface area contributed by atoms with Gasteiger partial charge in [-0.3, -0.25) is 0 Å². The molecule has 0 radical (unpaired) electrons. The van der Waals surface area contributed by atoms with E-state index in [9.17, 15) is 0 Å². The molecule has 0 aliphatic carbocycles. The van der Waals surface area contributed by atoms with Crippen LogP contribution in [0.5, 0.6) is 5.75 Å². The number of ether oxygens (including phenoxy) is 1. The Hall–Kier alpha value is -1.64. The van der Waals surface area contributed by atoms with Crippen LogP contribution in [0.2, 0.25) is 0 Å². The highest BCUT2D eigenvalue weighted by atomic mass is 32.1.